The molecule has 2 fully saturated rings. The molecular formula is C20H30ClN3O2. The molecule has 6 heteroatoms. The van der Waals surface area contributed by atoms with Gasteiger partial charge >= 0.3 is 6.03 Å². The number of anilines is 1. The number of amides is 2. The molecule has 0 aliphatic carbocycles. The van der Waals surface area contributed by atoms with Gasteiger partial charge in [0.15, 0.2) is 0 Å². The van der Waals surface area contributed by atoms with Crippen LogP contribution in [0.15, 0.2) is 18.2 Å². The van der Waals surface area contributed by atoms with Crippen LogP contribution in [0.25, 0.3) is 0 Å². The molecule has 0 spiro atoms. The van der Waals surface area contributed by atoms with Crippen LogP contribution >= 0.6 is 11.6 Å². The molecule has 0 bridgehead atoms. The minimum absolute atomic E-state index is 0.0733. The van der Waals surface area contributed by atoms with E-state index in [0.717, 1.165) is 31.8 Å². The molecular weight excluding hydrogens is 350 g/mol. The summed E-state index contributed by atoms with van der Waals surface area (Å²) < 4.78 is 5.30. The fourth-order valence-corrected chi connectivity index (χ4v) is 4.07. The fourth-order valence-electron chi connectivity index (χ4n) is 3.90. The van der Waals surface area contributed by atoms with Crippen LogP contribution in [0, 0.1) is 11.8 Å². The molecule has 2 heterocycles. The molecule has 144 valence electrons. The van der Waals surface area contributed by atoms with Crippen molar-refractivity contribution in [1.29, 1.82) is 0 Å². The van der Waals surface area contributed by atoms with Crippen LogP contribution in [0.5, 0.6) is 5.75 Å². The lowest BCUT2D eigenvalue weighted by molar-refractivity contribution is 0.130. The summed E-state index contributed by atoms with van der Waals surface area (Å²) in [6.07, 6.45) is 4.80. The first-order chi connectivity index (χ1) is 12.5. The molecule has 3 rings (SSSR count). The molecule has 2 aliphatic heterocycles. The summed E-state index contributed by atoms with van der Waals surface area (Å²) in [5, 5.41) is 3.52. The maximum absolute atomic E-state index is 12.6. The smallest absolute Gasteiger partial charge is 0.321 e. The van der Waals surface area contributed by atoms with Gasteiger partial charge in [0.2, 0.25) is 0 Å². The number of hydrogen-bond donors (Lipinski definition) is 1. The van der Waals surface area contributed by atoms with Gasteiger partial charge in [-0.2, -0.15) is 0 Å². The van der Waals surface area contributed by atoms with Gasteiger partial charge in [0.25, 0.3) is 0 Å². The molecule has 1 aromatic rings. The fraction of sp³-hybridized carbons (Fsp3) is 0.650. The Morgan fingerprint density at radius 2 is 1.88 bits per heavy atom. The molecule has 1 aromatic carbocycles. The van der Waals surface area contributed by atoms with Crippen molar-refractivity contribution in [3.8, 4) is 5.75 Å². The Kier molecular flexibility index (Phi) is 6.65. The van der Waals surface area contributed by atoms with E-state index in [0.29, 0.717) is 22.4 Å². The van der Waals surface area contributed by atoms with Crippen molar-refractivity contribution in [3.05, 3.63) is 23.2 Å². The first-order valence-electron chi connectivity index (χ1n) is 9.67. The van der Waals surface area contributed by atoms with Crippen molar-refractivity contribution >= 4 is 23.3 Å². The molecule has 0 unspecified atom stereocenters. The Morgan fingerprint density at radius 3 is 2.54 bits per heavy atom. The number of methoxy groups -OCH3 is 1. The van der Waals surface area contributed by atoms with Crippen LogP contribution in [0.3, 0.4) is 0 Å². The third-order valence-corrected chi connectivity index (χ3v) is 5.93. The highest BCUT2D eigenvalue weighted by molar-refractivity contribution is 6.31. The normalized spacial score (nSPS) is 20.2. The molecule has 2 aliphatic rings. The quantitative estimate of drug-likeness (QED) is 0.847. The van der Waals surface area contributed by atoms with Crippen LogP contribution in [0.2, 0.25) is 5.02 Å². The minimum Gasteiger partial charge on any atom is -0.495 e. The molecule has 2 saturated heterocycles. The minimum atomic E-state index is -0.0733. The molecule has 0 radical (unpaired) electrons. The van der Waals surface area contributed by atoms with E-state index in [-0.39, 0.29) is 6.03 Å². The largest absolute Gasteiger partial charge is 0.495 e. The molecule has 0 atom stereocenters. The third-order valence-electron chi connectivity index (χ3n) is 5.70. The predicted octanol–water partition coefficient (Wildman–Crippen LogP) is 4.32. The summed E-state index contributed by atoms with van der Waals surface area (Å²) in [5.74, 6) is 2.20. The lowest BCUT2D eigenvalue weighted by atomic mass is 9.93. The zero-order chi connectivity index (χ0) is 18.5. The number of benzene rings is 1. The molecule has 1 N–H and O–H groups in total. The number of likely N-dealkylation sites (tertiary alicyclic amines) is 2. The van der Waals surface area contributed by atoms with Crippen molar-refractivity contribution in [2.75, 3.05) is 45.2 Å². The van der Waals surface area contributed by atoms with Crippen LogP contribution in [0.1, 0.15) is 32.6 Å². The number of carbonyl (C=O) groups is 1. The Hall–Kier alpha value is -1.46. The lowest BCUT2D eigenvalue weighted by Gasteiger charge is -2.37. The summed E-state index contributed by atoms with van der Waals surface area (Å²) in [6, 6.07) is 5.17. The lowest BCUT2D eigenvalue weighted by Crippen LogP contribution is -2.44. The molecule has 0 aromatic heterocycles. The Bertz CT molecular complexity index is 609. The Balaban J connectivity index is 1.47. The average Bonchev–Trinajstić information content (AvgIpc) is 2.64. The van der Waals surface area contributed by atoms with Gasteiger partial charge in [-0.3, -0.25) is 0 Å². The first-order valence-corrected chi connectivity index (χ1v) is 10.0. The number of nitrogens with one attached hydrogen (secondary N) is 1. The van der Waals surface area contributed by atoms with Crippen molar-refractivity contribution < 1.29 is 9.53 Å². The van der Waals surface area contributed by atoms with Crippen molar-refractivity contribution in [3.63, 3.8) is 0 Å². The van der Waals surface area contributed by atoms with Gasteiger partial charge in [-0.25, -0.2) is 4.79 Å². The van der Waals surface area contributed by atoms with Crippen LogP contribution in [-0.4, -0.2) is 55.7 Å². The Labute approximate surface area is 161 Å². The Morgan fingerprint density at radius 1 is 1.19 bits per heavy atom. The molecule has 2 amide bonds. The van der Waals surface area contributed by atoms with Crippen molar-refractivity contribution in [1.82, 2.24) is 9.80 Å². The highest BCUT2D eigenvalue weighted by Crippen LogP contribution is 2.28. The van der Waals surface area contributed by atoms with E-state index in [2.05, 4.69) is 17.1 Å². The van der Waals surface area contributed by atoms with E-state index in [9.17, 15) is 4.79 Å². The number of hydrogen-bond acceptors (Lipinski definition) is 3. The van der Waals surface area contributed by atoms with Gasteiger partial charge in [-0.15, -0.1) is 0 Å². The van der Waals surface area contributed by atoms with Gasteiger partial charge in [-0.1, -0.05) is 18.5 Å². The number of urea groups is 1. The second-order valence-corrected chi connectivity index (χ2v) is 8.12. The summed E-state index contributed by atoms with van der Waals surface area (Å²) in [5.41, 5.74) is 0.620. The number of ether oxygens (including phenoxy) is 1. The summed E-state index contributed by atoms with van der Waals surface area (Å²) in [4.78, 5) is 17.1. The SMILES string of the molecule is COc1ccc(Cl)cc1NC(=O)N1CCC(CN2CCC(C)CC2)CC1. The second kappa shape index (κ2) is 8.96. The van der Waals surface area contributed by atoms with E-state index in [1.165, 1.54) is 32.5 Å². The highest BCUT2D eigenvalue weighted by Gasteiger charge is 2.26. The number of nitrogens with zero attached hydrogens (tertiary/aromatic N) is 2. The van der Waals surface area contributed by atoms with Gasteiger partial charge in [0.05, 0.1) is 12.8 Å². The van der Waals surface area contributed by atoms with Gasteiger partial charge in [0.1, 0.15) is 5.75 Å². The van der Waals surface area contributed by atoms with Gasteiger partial charge in [0, 0.05) is 24.7 Å². The standard InChI is InChI=1S/C20H30ClN3O2/c1-15-5-9-23(10-6-15)14-16-7-11-24(12-8-16)20(25)22-18-13-17(21)3-4-19(18)26-2/h3-4,13,15-16H,5-12,14H2,1-2H3,(H,22,25). The van der Waals surface area contributed by atoms with E-state index >= 15 is 0 Å². The first kappa shape index (κ1) is 19.3. The average molecular weight is 380 g/mol. The van der Waals surface area contributed by atoms with Crippen molar-refractivity contribution in [2.45, 2.75) is 32.6 Å². The van der Waals surface area contributed by atoms with E-state index in [4.69, 9.17) is 16.3 Å². The highest BCUT2D eigenvalue weighted by atomic mass is 35.5. The monoisotopic (exact) mass is 379 g/mol. The maximum atomic E-state index is 12.6. The number of piperidine rings is 2. The zero-order valence-electron chi connectivity index (χ0n) is 15.8. The number of halogens is 1. The van der Waals surface area contributed by atoms with Crippen LogP contribution in [-0.2, 0) is 0 Å². The van der Waals surface area contributed by atoms with Crippen LogP contribution < -0.4 is 10.1 Å². The zero-order valence-corrected chi connectivity index (χ0v) is 16.6. The van der Waals surface area contributed by atoms with E-state index < -0.39 is 0 Å². The van der Waals surface area contributed by atoms with Gasteiger partial charge < -0.3 is 19.9 Å². The number of carbonyl (C=O) groups excluding carboxylic acids is 1. The van der Waals surface area contributed by atoms with E-state index in [1.54, 1.807) is 25.3 Å². The molecule has 26 heavy (non-hydrogen) atoms. The third kappa shape index (κ3) is 5.04. The summed E-state index contributed by atoms with van der Waals surface area (Å²) in [6.45, 7) is 7.62. The summed E-state index contributed by atoms with van der Waals surface area (Å²) in [7, 11) is 1.59. The van der Waals surface area contributed by atoms with Gasteiger partial charge in [-0.05, 0) is 68.8 Å². The van der Waals surface area contributed by atoms with Crippen LogP contribution in [0.4, 0.5) is 10.5 Å². The number of rotatable bonds is 4. The topological polar surface area (TPSA) is 44.8 Å². The van der Waals surface area contributed by atoms with E-state index in [1.807, 2.05) is 4.90 Å². The molecule has 5 nitrogen and oxygen atoms in total. The summed E-state index contributed by atoms with van der Waals surface area (Å²) >= 11 is 6.04. The second-order valence-electron chi connectivity index (χ2n) is 7.69. The predicted molar refractivity (Wildman–Crippen MR) is 106 cm³/mol. The molecule has 0 saturated carbocycles. The maximum Gasteiger partial charge on any atom is 0.321 e. The van der Waals surface area contributed by atoms with Crippen molar-refractivity contribution in [2.24, 2.45) is 11.8 Å².